The Kier molecular flexibility index (Phi) is 3.53. The molecule has 0 atom stereocenters. The van der Waals surface area contributed by atoms with Gasteiger partial charge in [0.25, 0.3) is 0 Å². The average Bonchev–Trinajstić information content (AvgIpc) is 2.38. The lowest BCUT2D eigenvalue weighted by molar-refractivity contribution is 0.628. The SMILES string of the molecule is CN(c1cccc(F)c1)c1ccnc(C(N)=S)c1. The first-order valence-corrected chi connectivity index (χ1v) is 5.74. The fourth-order valence-corrected chi connectivity index (χ4v) is 1.71. The Labute approximate surface area is 110 Å². The quantitative estimate of drug-likeness (QED) is 0.862. The van der Waals surface area contributed by atoms with E-state index in [4.69, 9.17) is 18.0 Å². The molecule has 2 aromatic rings. The van der Waals surface area contributed by atoms with Gasteiger partial charge >= 0.3 is 0 Å². The molecule has 0 aliphatic rings. The van der Waals surface area contributed by atoms with E-state index >= 15 is 0 Å². The zero-order valence-electron chi connectivity index (χ0n) is 9.80. The Balaban J connectivity index is 2.36. The average molecular weight is 261 g/mol. The van der Waals surface area contributed by atoms with Crippen molar-refractivity contribution in [2.45, 2.75) is 0 Å². The Morgan fingerprint density at radius 2 is 2.00 bits per heavy atom. The number of hydrogen-bond donors (Lipinski definition) is 1. The number of halogens is 1. The molecule has 3 nitrogen and oxygen atoms in total. The number of pyridine rings is 1. The maximum absolute atomic E-state index is 13.2. The molecule has 0 fully saturated rings. The summed E-state index contributed by atoms with van der Waals surface area (Å²) in [5.74, 6) is -0.275. The number of thiocarbonyl (C=S) groups is 1. The molecule has 0 amide bonds. The van der Waals surface area contributed by atoms with Crippen LogP contribution in [0.15, 0.2) is 42.6 Å². The van der Waals surface area contributed by atoms with Crippen LogP contribution in [0.3, 0.4) is 0 Å². The zero-order chi connectivity index (χ0) is 13.1. The first kappa shape index (κ1) is 12.4. The lowest BCUT2D eigenvalue weighted by Crippen LogP contribution is -2.14. The summed E-state index contributed by atoms with van der Waals surface area (Å²) >= 11 is 4.88. The molecule has 0 saturated heterocycles. The molecule has 2 rings (SSSR count). The molecule has 92 valence electrons. The highest BCUT2D eigenvalue weighted by Gasteiger charge is 2.07. The van der Waals surface area contributed by atoms with Gasteiger partial charge in [-0.05, 0) is 30.3 Å². The van der Waals surface area contributed by atoms with Gasteiger partial charge in [0.1, 0.15) is 10.8 Å². The minimum absolute atomic E-state index is 0.240. The third kappa shape index (κ3) is 2.62. The predicted molar refractivity (Wildman–Crippen MR) is 74.6 cm³/mol. The van der Waals surface area contributed by atoms with E-state index in [1.54, 1.807) is 18.3 Å². The monoisotopic (exact) mass is 261 g/mol. The molecule has 0 radical (unpaired) electrons. The molecule has 0 aliphatic carbocycles. The summed E-state index contributed by atoms with van der Waals surface area (Å²) in [6, 6.07) is 9.94. The summed E-state index contributed by atoms with van der Waals surface area (Å²) in [6.45, 7) is 0. The van der Waals surface area contributed by atoms with Crippen molar-refractivity contribution in [2.24, 2.45) is 5.73 Å². The normalized spacial score (nSPS) is 10.1. The maximum atomic E-state index is 13.2. The van der Waals surface area contributed by atoms with Crippen LogP contribution in [-0.2, 0) is 0 Å². The van der Waals surface area contributed by atoms with Gasteiger partial charge in [-0.2, -0.15) is 0 Å². The topological polar surface area (TPSA) is 42.2 Å². The standard InChI is InChI=1S/C13H12FN3S/c1-17(10-4-2-3-9(14)7-10)11-5-6-16-12(8-11)13(15)18/h2-8H,1H3,(H2,15,18). The number of hydrogen-bond acceptors (Lipinski definition) is 3. The Bertz CT molecular complexity index is 586. The van der Waals surface area contributed by atoms with E-state index in [9.17, 15) is 4.39 Å². The second kappa shape index (κ2) is 5.10. The van der Waals surface area contributed by atoms with Crippen LogP contribution in [0.2, 0.25) is 0 Å². The van der Waals surface area contributed by atoms with Gasteiger partial charge in [0.05, 0.1) is 5.69 Å². The van der Waals surface area contributed by atoms with Crippen molar-refractivity contribution in [1.29, 1.82) is 0 Å². The van der Waals surface area contributed by atoms with Crippen LogP contribution in [0.25, 0.3) is 0 Å². The highest BCUT2D eigenvalue weighted by molar-refractivity contribution is 7.80. The van der Waals surface area contributed by atoms with E-state index in [1.165, 1.54) is 12.1 Å². The van der Waals surface area contributed by atoms with E-state index in [0.29, 0.717) is 5.69 Å². The fourth-order valence-electron chi connectivity index (χ4n) is 1.60. The van der Waals surface area contributed by atoms with E-state index in [1.807, 2.05) is 24.1 Å². The smallest absolute Gasteiger partial charge is 0.125 e. The minimum atomic E-state index is -0.275. The Morgan fingerprint density at radius 3 is 2.67 bits per heavy atom. The summed E-state index contributed by atoms with van der Waals surface area (Å²) in [7, 11) is 1.84. The van der Waals surface area contributed by atoms with Crippen LogP contribution >= 0.6 is 12.2 Å². The molecular formula is C13H12FN3S. The number of benzene rings is 1. The van der Waals surface area contributed by atoms with Gasteiger partial charge in [0.15, 0.2) is 0 Å². The molecule has 0 spiro atoms. The van der Waals surface area contributed by atoms with Gasteiger partial charge in [0, 0.05) is 24.6 Å². The lowest BCUT2D eigenvalue weighted by atomic mass is 10.2. The van der Waals surface area contributed by atoms with Crippen LogP contribution in [0.4, 0.5) is 15.8 Å². The van der Waals surface area contributed by atoms with Gasteiger partial charge in [-0.3, -0.25) is 4.98 Å². The van der Waals surface area contributed by atoms with Gasteiger partial charge in [-0.15, -0.1) is 0 Å². The molecule has 0 aliphatic heterocycles. The Hall–Kier alpha value is -2.01. The second-order valence-corrected chi connectivity index (χ2v) is 4.24. The van der Waals surface area contributed by atoms with Crippen LogP contribution in [-0.4, -0.2) is 17.0 Å². The Morgan fingerprint density at radius 1 is 1.28 bits per heavy atom. The van der Waals surface area contributed by atoms with Crippen molar-refractivity contribution in [3.63, 3.8) is 0 Å². The second-order valence-electron chi connectivity index (χ2n) is 3.80. The molecule has 0 saturated carbocycles. The van der Waals surface area contributed by atoms with E-state index in [2.05, 4.69) is 4.98 Å². The fraction of sp³-hybridized carbons (Fsp3) is 0.0769. The maximum Gasteiger partial charge on any atom is 0.125 e. The van der Waals surface area contributed by atoms with Crippen LogP contribution in [0.5, 0.6) is 0 Å². The first-order valence-electron chi connectivity index (χ1n) is 5.33. The third-order valence-corrected chi connectivity index (χ3v) is 2.79. The van der Waals surface area contributed by atoms with Gasteiger partial charge in [-0.1, -0.05) is 18.3 Å². The molecule has 1 aromatic carbocycles. The van der Waals surface area contributed by atoms with Crippen molar-refractivity contribution in [3.8, 4) is 0 Å². The first-order chi connectivity index (χ1) is 8.58. The van der Waals surface area contributed by atoms with Crippen LogP contribution in [0.1, 0.15) is 5.69 Å². The summed E-state index contributed by atoms with van der Waals surface area (Å²) < 4.78 is 13.2. The summed E-state index contributed by atoms with van der Waals surface area (Å²) in [4.78, 5) is 6.15. The van der Waals surface area contributed by atoms with Crippen molar-refractivity contribution >= 4 is 28.6 Å². The molecule has 0 bridgehead atoms. The molecule has 1 aromatic heterocycles. The molecule has 1 heterocycles. The molecule has 2 N–H and O–H groups in total. The van der Waals surface area contributed by atoms with Crippen LogP contribution < -0.4 is 10.6 Å². The van der Waals surface area contributed by atoms with Crippen molar-refractivity contribution in [2.75, 3.05) is 11.9 Å². The van der Waals surface area contributed by atoms with E-state index in [-0.39, 0.29) is 10.8 Å². The lowest BCUT2D eigenvalue weighted by Gasteiger charge is -2.19. The molecule has 5 heteroatoms. The van der Waals surface area contributed by atoms with Crippen molar-refractivity contribution < 1.29 is 4.39 Å². The summed E-state index contributed by atoms with van der Waals surface area (Å²) in [5.41, 5.74) is 7.67. The number of nitrogens with two attached hydrogens (primary N) is 1. The van der Waals surface area contributed by atoms with Crippen molar-refractivity contribution in [3.05, 3.63) is 54.1 Å². The highest BCUT2D eigenvalue weighted by Crippen LogP contribution is 2.23. The minimum Gasteiger partial charge on any atom is -0.388 e. The zero-order valence-corrected chi connectivity index (χ0v) is 10.6. The van der Waals surface area contributed by atoms with E-state index in [0.717, 1.165) is 11.4 Å². The predicted octanol–water partition coefficient (Wildman–Crippen LogP) is 2.62. The van der Waals surface area contributed by atoms with Crippen LogP contribution in [0, 0.1) is 5.82 Å². The molecular weight excluding hydrogens is 249 g/mol. The molecule has 18 heavy (non-hydrogen) atoms. The van der Waals surface area contributed by atoms with Crippen molar-refractivity contribution in [1.82, 2.24) is 4.98 Å². The number of aromatic nitrogens is 1. The third-order valence-electron chi connectivity index (χ3n) is 2.58. The van der Waals surface area contributed by atoms with Gasteiger partial charge < -0.3 is 10.6 Å². The van der Waals surface area contributed by atoms with Gasteiger partial charge in [0.2, 0.25) is 0 Å². The molecule has 0 unspecified atom stereocenters. The summed E-state index contributed by atoms with van der Waals surface area (Å²) in [5, 5.41) is 0. The largest absolute Gasteiger partial charge is 0.388 e. The number of anilines is 2. The summed E-state index contributed by atoms with van der Waals surface area (Å²) in [6.07, 6.45) is 1.62. The number of rotatable bonds is 3. The van der Waals surface area contributed by atoms with Gasteiger partial charge in [-0.25, -0.2) is 4.39 Å². The highest BCUT2D eigenvalue weighted by atomic mass is 32.1. The van der Waals surface area contributed by atoms with E-state index < -0.39 is 0 Å². The number of nitrogens with zero attached hydrogens (tertiary/aromatic N) is 2.